The summed E-state index contributed by atoms with van der Waals surface area (Å²) in [6, 6.07) is 15.0. The van der Waals surface area contributed by atoms with Gasteiger partial charge < -0.3 is 14.2 Å². The van der Waals surface area contributed by atoms with Gasteiger partial charge in [0.25, 0.3) is 5.56 Å². The minimum atomic E-state index is -0.149. The average Bonchev–Trinajstić information content (AvgIpc) is 3.45. The highest BCUT2D eigenvalue weighted by Gasteiger charge is 2.21. The van der Waals surface area contributed by atoms with Crippen molar-refractivity contribution < 1.29 is 14.2 Å². The fourth-order valence-electron chi connectivity index (χ4n) is 3.76. The van der Waals surface area contributed by atoms with Crippen LogP contribution in [-0.2, 0) is 4.74 Å². The zero-order valence-electron chi connectivity index (χ0n) is 18.1. The molecule has 1 N–H and O–H groups in total. The van der Waals surface area contributed by atoms with E-state index in [4.69, 9.17) is 19.2 Å². The number of rotatable bonds is 7. The molecule has 4 rings (SSSR count). The smallest absolute Gasteiger partial charge is 0.280 e. The molecule has 1 aliphatic rings. The predicted molar refractivity (Wildman–Crippen MR) is 121 cm³/mol. The maximum atomic E-state index is 13.4. The van der Waals surface area contributed by atoms with Crippen LogP contribution >= 0.6 is 0 Å². The minimum Gasteiger partial charge on any atom is -0.497 e. The van der Waals surface area contributed by atoms with Crippen LogP contribution in [0.2, 0.25) is 0 Å². The molecule has 0 radical (unpaired) electrons. The molecule has 7 heteroatoms. The number of benzene rings is 2. The number of methoxy groups -OCH3 is 2. The van der Waals surface area contributed by atoms with Gasteiger partial charge in [0.1, 0.15) is 11.5 Å². The Balaban J connectivity index is 1.78. The maximum absolute atomic E-state index is 13.4. The second kappa shape index (κ2) is 9.22. The van der Waals surface area contributed by atoms with Crippen molar-refractivity contribution in [3.05, 3.63) is 64.4 Å². The molecule has 0 saturated carbocycles. The lowest BCUT2D eigenvalue weighted by Crippen LogP contribution is -2.20. The molecule has 0 spiro atoms. The number of nitrogens with one attached hydrogen (secondary N) is 1. The summed E-state index contributed by atoms with van der Waals surface area (Å²) in [5.74, 6) is 1.49. The summed E-state index contributed by atoms with van der Waals surface area (Å²) < 4.78 is 17.7. The van der Waals surface area contributed by atoms with Crippen molar-refractivity contribution in [2.45, 2.75) is 25.9 Å². The Bertz CT molecular complexity index is 1110. The first-order chi connectivity index (χ1) is 15.1. The van der Waals surface area contributed by atoms with Crippen LogP contribution in [0.4, 0.5) is 0 Å². The maximum Gasteiger partial charge on any atom is 0.280 e. The number of hydrogen-bond donors (Lipinski definition) is 1. The molecular weight excluding hydrogens is 394 g/mol. The van der Waals surface area contributed by atoms with Crippen LogP contribution in [0.5, 0.6) is 11.5 Å². The number of aromatic nitrogens is 2. The first-order valence-corrected chi connectivity index (χ1v) is 10.4. The Labute approximate surface area is 181 Å². The molecule has 162 valence electrons. The highest BCUT2D eigenvalue weighted by Crippen LogP contribution is 2.25. The Kier molecular flexibility index (Phi) is 6.23. The lowest BCUT2D eigenvalue weighted by Gasteiger charge is -2.07. The van der Waals surface area contributed by atoms with Crippen molar-refractivity contribution >= 4 is 5.71 Å². The molecule has 0 bridgehead atoms. The van der Waals surface area contributed by atoms with Gasteiger partial charge in [0.05, 0.1) is 43.8 Å². The highest BCUT2D eigenvalue weighted by molar-refractivity contribution is 6.03. The van der Waals surface area contributed by atoms with Gasteiger partial charge in [0, 0.05) is 17.9 Å². The van der Waals surface area contributed by atoms with Crippen LogP contribution < -0.4 is 15.0 Å². The van der Waals surface area contributed by atoms with Gasteiger partial charge in [-0.25, -0.2) is 4.68 Å². The molecule has 1 atom stereocenters. The Morgan fingerprint density at radius 2 is 1.74 bits per heavy atom. The second-order valence-corrected chi connectivity index (χ2v) is 7.49. The number of aliphatic imine (C=N–C) groups is 1. The fraction of sp³-hybridized carbons (Fsp3) is 0.333. The van der Waals surface area contributed by atoms with E-state index in [0.717, 1.165) is 47.9 Å². The third-order valence-corrected chi connectivity index (χ3v) is 5.52. The standard InChI is InChI=1S/C24H27N3O4/c1-16(25-15-21-5-4-14-31-21)22-23(17-6-10-19(29-2)11-7-17)26-27(24(22)28)18-8-12-20(30-3)13-9-18/h6-13,21,26H,4-5,14-15H2,1-3H3. The van der Waals surface area contributed by atoms with E-state index < -0.39 is 0 Å². The SMILES string of the molecule is COc1ccc(-c2[nH]n(-c3ccc(OC)cc3)c(=O)c2C(C)=NCC2CCCO2)cc1. The van der Waals surface area contributed by atoms with E-state index in [0.29, 0.717) is 17.8 Å². The van der Waals surface area contributed by atoms with Gasteiger partial charge in [-0.15, -0.1) is 0 Å². The van der Waals surface area contributed by atoms with Gasteiger partial charge in [0.2, 0.25) is 0 Å². The third kappa shape index (κ3) is 4.41. The van der Waals surface area contributed by atoms with E-state index >= 15 is 0 Å². The largest absolute Gasteiger partial charge is 0.497 e. The van der Waals surface area contributed by atoms with E-state index in [1.165, 1.54) is 0 Å². The zero-order valence-corrected chi connectivity index (χ0v) is 18.1. The van der Waals surface area contributed by atoms with Crippen LogP contribution in [0.1, 0.15) is 25.3 Å². The van der Waals surface area contributed by atoms with Crippen LogP contribution in [-0.4, -0.2) is 49.0 Å². The van der Waals surface area contributed by atoms with Crippen LogP contribution in [0.25, 0.3) is 16.9 Å². The molecule has 2 aromatic carbocycles. The molecule has 1 aromatic heterocycles. The summed E-state index contributed by atoms with van der Waals surface area (Å²) in [5, 5.41) is 3.28. The normalized spacial score (nSPS) is 16.5. The van der Waals surface area contributed by atoms with Crippen molar-refractivity contribution in [3.8, 4) is 28.4 Å². The van der Waals surface area contributed by atoms with Gasteiger partial charge >= 0.3 is 0 Å². The zero-order chi connectivity index (χ0) is 21.8. The van der Waals surface area contributed by atoms with Crippen molar-refractivity contribution in [2.24, 2.45) is 4.99 Å². The Hall–Kier alpha value is -3.32. The summed E-state index contributed by atoms with van der Waals surface area (Å²) in [5.41, 5.74) is 3.42. The van der Waals surface area contributed by atoms with Crippen LogP contribution in [0, 0.1) is 0 Å². The van der Waals surface area contributed by atoms with Crippen molar-refractivity contribution in [1.82, 2.24) is 9.78 Å². The second-order valence-electron chi connectivity index (χ2n) is 7.49. The molecule has 3 aromatic rings. The number of nitrogens with zero attached hydrogens (tertiary/aromatic N) is 2. The summed E-state index contributed by atoms with van der Waals surface area (Å²) in [6.07, 6.45) is 2.19. The lowest BCUT2D eigenvalue weighted by atomic mass is 10.0. The van der Waals surface area contributed by atoms with E-state index in [2.05, 4.69) is 5.10 Å². The molecule has 7 nitrogen and oxygen atoms in total. The Morgan fingerprint density at radius 1 is 1.10 bits per heavy atom. The molecule has 0 amide bonds. The van der Waals surface area contributed by atoms with Gasteiger partial charge in [-0.2, -0.15) is 0 Å². The monoisotopic (exact) mass is 421 g/mol. The molecule has 1 aliphatic heterocycles. The molecule has 2 heterocycles. The number of hydrogen-bond acceptors (Lipinski definition) is 5. The summed E-state index contributed by atoms with van der Waals surface area (Å²) >= 11 is 0. The summed E-state index contributed by atoms with van der Waals surface area (Å²) in [4.78, 5) is 18.1. The number of aromatic amines is 1. The first kappa shape index (κ1) is 20.9. The van der Waals surface area contributed by atoms with Crippen LogP contribution in [0.15, 0.2) is 58.3 Å². The van der Waals surface area contributed by atoms with Crippen molar-refractivity contribution in [1.29, 1.82) is 0 Å². The quantitative estimate of drug-likeness (QED) is 0.588. The van der Waals surface area contributed by atoms with Gasteiger partial charge in [-0.05, 0) is 68.3 Å². The highest BCUT2D eigenvalue weighted by atomic mass is 16.5. The molecule has 31 heavy (non-hydrogen) atoms. The molecule has 1 saturated heterocycles. The van der Waals surface area contributed by atoms with Crippen molar-refractivity contribution in [3.63, 3.8) is 0 Å². The van der Waals surface area contributed by atoms with E-state index in [1.807, 2.05) is 55.5 Å². The predicted octanol–water partition coefficient (Wildman–Crippen LogP) is 3.84. The molecule has 1 fully saturated rings. The van der Waals surface area contributed by atoms with Crippen LogP contribution in [0.3, 0.4) is 0 Å². The minimum absolute atomic E-state index is 0.127. The third-order valence-electron chi connectivity index (χ3n) is 5.52. The summed E-state index contributed by atoms with van der Waals surface area (Å²) in [7, 11) is 3.24. The van der Waals surface area contributed by atoms with E-state index in [1.54, 1.807) is 18.9 Å². The van der Waals surface area contributed by atoms with Gasteiger partial charge in [-0.3, -0.25) is 14.9 Å². The topological polar surface area (TPSA) is 77.8 Å². The van der Waals surface area contributed by atoms with E-state index in [9.17, 15) is 4.79 Å². The van der Waals surface area contributed by atoms with Gasteiger partial charge in [0.15, 0.2) is 0 Å². The molecule has 1 unspecified atom stereocenters. The average molecular weight is 421 g/mol. The fourth-order valence-corrected chi connectivity index (χ4v) is 3.76. The van der Waals surface area contributed by atoms with E-state index in [-0.39, 0.29) is 11.7 Å². The number of H-pyrrole nitrogens is 1. The number of ether oxygens (including phenoxy) is 3. The first-order valence-electron chi connectivity index (χ1n) is 10.4. The van der Waals surface area contributed by atoms with Gasteiger partial charge in [-0.1, -0.05) is 0 Å². The lowest BCUT2D eigenvalue weighted by molar-refractivity contribution is 0.118. The molecule has 0 aliphatic carbocycles. The van der Waals surface area contributed by atoms with Crippen molar-refractivity contribution in [2.75, 3.05) is 27.4 Å². The molecular formula is C24H27N3O4. The Morgan fingerprint density at radius 3 is 2.32 bits per heavy atom. The summed E-state index contributed by atoms with van der Waals surface area (Å²) in [6.45, 7) is 3.22.